The van der Waals surface area contributed by atoms with E-state index in [1.165, 1.54) is 23.2 Å². The van der Waals surface area contributed by atoms with E-state index in [1.54, 1.807) is 0 Å². The van der Waals surface area contributed by atoms with Gasteiger partial charge in [0.2, 0.25) is 5.91 Å². The maximum Gasteiger partial charge on any atom is 0.240 e. The Kier molecular flexibility index (Phi) is 9.13. The van der Waals surface area contributed by atoms with Crippen molar-refractivity contribution in [1.82, 2.24) is 19.9 Å². The third-order valence-electron chi connectivity index (χ3n) is 7.24. The van der Waals surface area contributed by atoms with Gasteiger partial charge in [0.15, 0.2) is 5.13 Å². The summed E-state index contributed by atoms with van der Waals surface area (Å²) in [7, 11) is 0. The number of ether oxygens (including phenoxy) is 2. The molecule has 5 aromatic rings. The van der Waals surface area contributed by atoms with E-state index in [0.717, 1.165) is 44.1 Å². The van der Waals surface area contributed by atoms with Crippen LogP contribution in [0.5, 0.6) is 5.75 Å². The summed E-state index contributed by atoms with van der Waals surface area (Å²) in [6.07, 6.45) is 5.87. The molecule has 43 heavy (non-hydrogen) atoms. The number of carbonyl (C=O) groups is 1. The van der Waals surface area contributed by atoms with Gasteiger partial charge in [-0.2, -0.15) is 0 Å². The molecule has 1 aliphatic heterocycles. The van der Waals surface area contributed by atoms with E-state index in [9.17, 15) is 4.79 Å². The fraction of sp³-hybridized carbons (Fsp3) is 0.235. The molecule has 1 amide bonds. The highest BCUT2D eigenvalue weighted by molar-refractivity contribution is 7.16. The Labute approximate surface area is 255 Å². The molecule has 0 fully saturated rings. The Morgan fingerprint density at radius 2 is 1.74 bits per heavy atom. The van der Waals surface area contributed by atoms with E-state index in [1.807, 2.05) is 61.8 Å². The molecule has 6 rings (SSSR count). The number of thiazole rings is 1. The molecule has 2 bridgehead atoms. The molecule has 0 unspecified atom stereocenters. The van der Waals surface area contributed by atoms with Gasteiger partial charge in [-0.05, 0) is 41.3 Å². The van der Waals surface area contributed by atoms with Gasteiger partial charge in [0.1, 0.15) is 18.7 Å². The van der Waals surface area contributed by atoms with Crippen LogP contribution in [0.2, 0.25) is 0 Å². The van der Waals surface area contributed by atoms with Crippen LogP contribution in [0, 0.1) is 6.92 Å². The highest BCUT2D eigenvalue weighted by Crippen LogP contribution is 2.31. The van der Waals surface area contributed by atoms with Gasteiger partial charge in [-0.1, -0.05) is 60.7 Å². The fourth-order valence-corrected chi connectivity index (χ4v) is 6.05. The van der Waals surface area contributed by atoms with Gasteiger partial charge in [-0.25, -0.2) is 15.0 Å². The summed E-state index contributed by atoms with van der Waals surface area (Å²) >= 11 is 1.49. The number of fused-ring (bicyclic) bond motifs is 3. The molecule has 2 aromatic heterocycles. The molecule has 0 aliphatic carbocycles. The number of hydrogen-bond acceptors (Lipinski definition) is 8. The third kappa shape index (κ3) is 7.50. The largest absolute Gasteiger partial charge is 0.491 e. The number of amides is 1. The van der Waals surface area contributed by atoms with Crippen LogP contribution in [0.3, 0.4) is 0 Å². The average molecular weight is 592 g/mol. The van der Waals surface area contributed by atoms with Gasteiger partial charge >= 0.3 is 0 Å². The van der Waals surface area contributed by atoms with Crippen molar-refractivity contribution >= 4 is 22.4 Å². The third-order valence-corrected chi connectivity index (χ3v) is 8.13. The Morgan fingerprint density at radius 1 is 0.907 bits per heavy atom. The van der Waals surface area contributed by atoms with Gasteiger partial charge in [-0.3, -0.25) is 9.69 Å². The number of anilines is 1. The van der Waals surface area contributed by atoms with E-state index in [2.05, 4.69) is 50.5 Å². The number of rotatable bonds is 5. The van der Waals surface area contributed by atoms with Gasteiger partial charge < -0.3 is 14.8 Å². The Bertz CT molecular complexity index is 1680. The molecular formula is C34H33N5O3S. The zero-order valence-corrected chi connectivity index (χ0v) is 24.8. The molecule has 0 saturated carbocycles. The van der Waals surface area contributed by atoms with Crippen LogP contribution in [-0.4, -0.2) is 58.7 Å². The van der Waals surface area contributed by atoms with Crippen LogP contribution in [0.25, 0.3) is 22.4 Å². The van der Waals surface area contributed by atoms with E-state index >= 15 is 0 Å². The molecule has 0 saturated heterocycles. The van der Waals surface area contributed by atoms with Crippen LogP contribution < -0.4 is 10.1 Å². The minimum atomic E-state index is -0.0969. The molecule has 9 heteroatoms. The standard InChI is InChI=1S/C34H33N5O3S/c1-24-33(27-8-3-2-4-9-27)38-34(43-24)37-32(40)22-39-12-13-41-14-15-42-31-11-10-28(30-19-35-23-36-20-30)18-29(31)17-25-6-5-7-26(16-25)21-39/h2-11,16,18-20,23H,12-15,17,21-22H2,1H3,(H,37,38,40). The zero-order chi connectivity index (χ0) is 29.4. The van der Waals surface area contributed by atoms with Crippen LogP contribution in [0.15, 0.2) is 91.5 Å². The van der Waals surface area contributed by atoms with Gasteiger partial charge in [0.05, 0.1) is 25.5 Å². The summed E-state index contributed by atoms with van der Waals surface area (Å²) in [5, 5.41) is 3.63. The fourth-order valence-electron chi connectivity index (χ4n) is 5.20. The van der Waals surface area contributed by atoms with E-state index in [4.69, 9.17) is 14.5 Å². The van der Waals surface area contributed by atoms with Crippen LogP contribution >= 0.6 is 11.3 Å². The summed E-state index contributed by atoms with van der Waals surface area (Å²) in [6.45, 7) is 4.89. The van der Waals surface area contributed by atoms with Crippen LogP contribution in [-0.2, 0) is 22.5 Å². The summed E-state index contributed by atoms with van der Waals surface area (Å²) in [4.78, 5) is 29.4. The first kappa shape index (κ1) is 28.7. The first-order valence-corrected chi connectivity index (χ1v) is 15.1. The van der Waals surface area contributed by atoms with Crippen molar-refractivity contribution in [2.75, 3.05) is 38.2 Å². The maximum absolute atomic E-state index is 13.2. The number of nitrogens with zero attached hydrogens (tertiary/aromatic N) is 4. The second-order valence-corrected chi connectivity index (χ2v) is 11.7. The molecule has 1 aliphatic rings. The highest BCUT2D eigenvalue weighted by atomic mass is 32.1. The number of benzene rings is 3. The topological polar surface area (TPSA) is 89.5 Å². The summed E-state index contributed by atoms with van der Waals surface area (Å²) < 4.78 is 12.1. The van der Waals surface area contributed by atoms with E-state index in [0.29, 0.717) is 44.5 Å². The average Bonchev–Trinajstić information content (AvgIpc) is 3.39. The van der Waals surface area contributed by atoms with Crippen molar-refractivity contribution < 1.29 is 14.3 Å². The highest BCUT2D eigenvalue weighted by Gasteiger charge is 2.17. The SMILES string of the molecule is Cc1sc(NC(=O)CN2CCOCCOc3ccc(-c4cncnc4)cc3Cc3cccc(c3)C2)nc1-c1ccccc1. The number of nitrogens with one attached hydrogen (secondary N) is 1. The molecule has 3 aromatic carbocycles. The Morgan fingerprint density at radius 3 is 2.60 bits per heavy atom. The molecule has 1 N–H and O–H groups in total. The van der Waals surface area contributed by atoms with Crippen molar-refractivity contribution in [2.24, 2.45) is 0 Å². The van der Waals surface area contributed by atoms with E-state index < -0.39 is 0 Å². The lowest BCUT2D eigenvalue weighted by molar-refractivity contribution is -0.117. The number of aryl methyl sites for hydroxylation is 1. The van der Waals surface area contributed by atoms with Gasteiger partial charge in [0.25, 0.3) is 0 Å². The molecule has 8 nitrogen and oxygen atoms in total. The van der Waals surface area contributed by atoms with Crippen molar-refractivity contribution in [3.8, 4) is 28.1 Å². The first-order chi connectivity index (χ1) is 21.1. The predicted molar refractivity (Wildman–Crippen MR) is 169 cm³/mol. The van der Waals surface area contributed by atoms with Crippen molar-refractivity contribution in [2.45, 2.75) is 19.9 Å². The van der Waals surface area contributed by atoms with E-state index in [-0.39, 0.29) is 12.5 Å². The number of carbonyl (C=O) groups excluding carboxylic acids is 1. The number of aromatic nitrogens is 3. The second-order valence-electron chi connectivity index (χ2n) is 10.5. The quantitative estimate of drug-likeness (QED) is 0.268. The monoisotopic (exact) mass is 591 g/mol. The van der Waals surface area contributed by atoms with Gasteiger partial charge in [-0.15, -0.1) is 11.3 Å². The lowest BCUT2D eigenvalue weighted by Gasteiger charge is -2.22. The second kappa shape index (κ2) is 13.7. The zero-order valence-electron chi connectivity index (χ0n) is 24.0. The molecular weight excluding hydrogens is 558 g/mol. The lowest BCUT2D eigenvalue weighted by atomic mass is 9.98. The molecule has 0 atom stereocenters. The first-order valence-electron chi connectivity index (χ1n) is 14.3. The van der Waals surface area contributed by atoms with Crippen LogP contribution in [0.1, 0.15) is 21.6 Å². The predicted octanol–water partition coefficient (Wildman–Crippen LogP) is 6.02. The van der Waals surface area contributed by atoms with Crippen molar-refractivity contribution in [1.29, 1.82) is 0 Å². The molecule has 218 valence electrons. The van der Waals surface area contributed by atoms with Crippen molar-refractivity contribution in [3.05, 3.63) is 113 Å². The van der Waals surface area contributed by atoms with Crippen LogP contribution in [0.4, 0.5) is 5.13 Å². The summed E-state index contributed by atoms with van der Waals surface area (Å²) in [6, 6.07) is 24.7. The number of hydrogen-bond donors (Lipinski definition) is 1. The van der Waals surface area contributed by atoms with Gasteiger partial charge in [0, 0.05) is 47.9 Å². The summed E-state index contributed by atoms with van der Waals surface area (Å²) in [5.41, 5.74) is 7.33. The Balaban J connectivity index is 1.18. The lowest BCUT2D eigenvalue weighted by Crippen LogP contribution is -2.35. The maximum atomic E-state index is 13.2. The van der Waals surface area contributed by atoms with Crippen molar-refractivity contribution in [3.63, 3.8) is 0 Å². The molecule has 3 heterocycles. The minimum absolute atomic E-state index is 0.0969. The molecule has 0 radical (unpaired) electrons. The smallest absolute Gasteiger partial charge is 0.240 e. The minimum Gasteiger partial charge on any atom is -0.491 e. The normalized spacial score (nSPS) is 14.3. The molecule has 0 spiro atoms. The summed E-state index contributed by atoms with van der Waals surface area (Å²) in [5.74, 6) is 0.748. The Hall–Kier alpha value is -4.44.